The van der Waals surface area contributed by atoms with Crippen molar-refractivity contribution in [3.8, 4) is 22.8 Å². The van der Waals surface area contributed by atoms with Gasteiger partial charge in [-0.15, -0.1) is 0 Å². The third-order valence-electron chi connectivity index (χ3n) is 3.51. The second-order valence-corrected chi connectivity index (χ2v) is 5.06. The van der Waals surface area contributed by atoms with Gasteiger partial charge in [0.15, 0.2) is 0 Å². The minimum Gasteiger partial charge on any atom is -0.329 e. The van der Waals surface area contributed by atoms with Gasteiger partial charge in [-0.3, -0.25) is 4.98 Å². The molecule has 4 aromatic rings. The summed E-state index contributed by atoms with van der Waals surface area (Å²) in [7, 11) is 0. The molecule has 8 heteroatoms. The fourth-order valence-corrected chi connectivity index (χ4v) is 2.43. The zero-order valence-electron chi connectivity index (χ0n) is 12.0. The number of fused-ring (bicyclic) bond motifs is 1. The fourth-order valence-electron chi connectivity index (χ4n) is 2.43. The molecule has 0 amide bonds. The summed E-state index contributed by atoms with van der Waals surface area (Å²) in [5.41, 5.74) is 2.79. The lowest BCUT2D eigenvalue weighted by molar-refractivity contribution is -0.159. The Morgan fingerprint density at radius 3 is 2.71 bits per heavy atom. The van der Waals surface area contributed by atoms with Crippen molar-refractivity contribution < 1.29 is 17.7 Å². The van der Waals surface area contributed by atoms with E-state index in [1.807, 2.05) is 40.9 Å². The van der Waals surface area contributed by atoms with Crippen LogP contribution in [-0.4, -0.2) is 19.5 Å². The molecule has 4 rings (SSSR count). The molecule has 0 saturated heterocycles. The largest absolute Gasteiger partial charge is 0.471 e. The first-order valence-corrected chi connectivity index (χ1v) is 6.96. The van der Waals surface area contributed by atoms with E-state index in [0.717, 1.165) is 11.2 Å². The van der Waals surface area contributed by atoms with E-state index in [4.69, 9.17) is 0 Å². The summed E-state index contributed by atoms with van der Waals surface area (Å²) in [4.78, 5) is 7.68. The summed E-state index contributed by atoms with van der Waals surface area (Å²) in [5.74, 6) is -1.50. The Hall–Kier alpha value is -3.16. The first kappa shape index (κ1) is 14.4. The molecule has 4 heterocycles. The highest BCUT2D eigenvalue weighted by Crippen LogP contribution is 2.30. The van der Waals surface area contributed by atoms with Crippen LogP contribution in [0.15, 0.2) is 59.4 Å². The molecular weight excluding hydrogens is 321 g/mol. The van der Waals surface area contributed by atoms with Gasteiger partial charge in [0.2, 0.25) is 5.82 Å². The second-order valence-electron chi connectivity index (χ2n) is 5.06. The highest BCUT2D eigenvalue weighted by Gasteiger charge is 2.38. The van der Waals surface area contributed by atoms with Crippen molar-refractivity contribution in [3.05, 3.63) is 60.7 Å². The maximum Gasteiger partial charge on any atom is 0.471 e. The van der Waals surface area contributed by atoms with E-state index in [1.165, 1.54) is 12.3 Å². The van der Waals surface area contributed by atoms with Crippen LogP contribution in [-0.2, 0) is 6.18 Å². The first-order valence-electron chi connectivity index (χ1n) is 6.96. The molecule has 120 valence electrons. The van der Waals surface area contributed by atoms with E-state index in [1.54, 1.807) is 6.07 Å². The molecule has 0 aromatic carbocycles. The van der Waals surface area contributed by atoms with E-state index in [2.05, 4.69) is 19.6 Å². The van der Waals surface area contributed by atoms with Crippen LogP contribution in [0.1, 0.15) is 5.89 Å². The zero-order chi connectivity index (χ0) is 16.7. The standard InChI is InChI=1S/C16H9F3N4O/c17-16(18,19)15-21-14(22-24-15)10-6-7-20-12(9-10)13-5-4-11-3-1-2-8-23(11)13/h1-9H. The van der Waals surface area contributed by atoms with Gasteiger partial charge >= 0.3 is 12.1 Å². The smallest absolute Gasteiger partial charge is 0.329 e. The van der Waals surface area contributed by atoms with Crippen molar-refractivity contribution in [3.63, 3.8) is 0 Å². The Bertz CT molecular complexity index is 1020. The van der Waals surface area contributed by atoms with Gasteiger partial charge in [0.05, 0.1) is 11.4 Å². The molecule has 0 saturated carbocycles. The number of aromatic nitrogens is 4. The Labute approximate surface area is 133 Å². The number of rotatable bonds is 2. The summed E-state index contributed by atoms with van der Waals surface area (Å²) in [5, 5.41) is 3.40. The average molecular weight is 330 g/mol. The molecule has 4 aromatic heterocycles. The SMILES string of the molecule is FC(F)(F)c1nc(-c2ccnc(-c3ccc4ccccn34)c2)no1. The molecule has 0 N–H and O–H groups in total. The molecule has 0 atom stereocenters. The molecule has 0 aliphatic carbocycles. The van der Waals surface area contributed by atoms with E-state index < -0.39 is 12.1 Å². The molecule has 0 aliphatic heterocycles. The predicted octanol–water partition coefficient (Wildman–Crippen LogP) is 4.07. The van der Waals surface area contributed by atoms with Crippen LogP contribution in [0.4, 0.5) is 13.2 Å². The average Bonchev–Trinajstić information content (AvgIpc) is 3.22. The van der Waals surface area contributed by atoms with Gasteiger partial charge in [-0.05, 0) is 36.4 Å². The summed E-state index contributed by atoms with van der Waals surface area (Å²) in [6, 6.07) is 12.7. The van der Waals surface area contributed by atoms with E-state index >= 15 is 0 Å². The van der Waals surface area contributed by atoms with Crippen LogP contribution in [0.3, 0.4) is 0 Å². The van der Waals surface area contributed by atoms with Gasteiger partial charge in [0.1, 0.15) is 0 Å². The van der Waals surface area contributed by atoms with E-state index in [9.17, 15) is 13.2 Å². The monoisotopic (exact) mass is 330 g/mol. The molecule has 0 bridgehead atoms. The Morgan fingerprint density at radius 1 is 1.04 bits per heavy atom. The van der Waals surface area contributed by atoms with Crippen LogP contribution in [0.2, 0.25) is 0 Å². The van der Waals surface area contributed by atoms with Gasteiger partial charge in [-0.1, -0.05) is 11.2 Å². The third-order valence-corrected chi connectivity index (χ3v) is 3.51. The summed E-state index contributed by atoms with van der Waals surface area (Å²) < 4.78 is 44.0. The number of alkyl halides is 3. The lowest BCUT2D eigenvalue weighted by Gasteiger charge is -2.03. The van der Waals surface area contributed by atoms with Crippen molar-refractivity contribution in [2.45, 2.75) is 6.18 Å². The number of pyridine rings is 2. The topological polar surface area (TPSA) is 56.2 Å². The number of hydrogen-bond acceptors (Lipinski definition) is 4. The Balaban J connectivity index is 1.78. The van der Waals surface area contributed by atoms with Crippen LogP contribution >= 0.6 is 0 Å². The third kappa shape index (κ3) is 2.41. The van der Waals surface area contributed by atoms with Gasteiger partial charge in [-0.25, -0.2) is 0 Å². The Kier molecular flexibility index (Phi) is 3.12. The second kappa shape index (κ2) is 5.19. The van der Waals surface area contributed by atoms with Crippen molar-refractivity contribution in [1.29, 1.82) is 0 Å². The summed E-state index contributed by atoms with van der Waals surface area (Å²) >= 11 is 0. The molecule has 0 fully saturated rings. The summed E-state index contributed by atoms with van der Waals surface area (Å²) in [6.45, 7) is 0. The number of halogens is 3. The van der Waals surface area contributed by atoms with Gasteiger partial charge in [0, 0.05) is 23.5 Å². The molecule has 24 heavy (non-hydrogen) atoms. The maximum absolute atomic E-state index is 12.6. The molecule has 0 aliphatic rings. The molecule has 0 radical (unpaired) electrons. The van der Waals surface area contributed by atoms with Gasteiger partial charge in [-0.2, -0.15) is 18.2 Å². The van der Waals surface area contributed by atoms with Crippen LogP contribution in [0, 0.1) is 0 Å². The normalized spacial score (nSPS) is 12.0. The lowest BCUT2D eigenvalue weighted by Crippen LogP contribution is -2.04. The molecule has 0 unspecified atom stereocenters. The van der Waals surface area contributed by atoms with E-state index in [-0.39, 0.29) is 5.82 Å². The molecular formula is C16H9F3N4O. The van der Waals surface area contributed by atoms with Gasteiger partial charge in [0.25, 0.3) is 0 Å². The first-order chi connectivity index (χ1) is 11.5. The highest BCUT2D eigenvalue weighted by atomic mass is 19.4. The highest BCUT2D eigenvalue weighted by molar-refractivity contribution is 5.68. The summed E-state index contributed by atoms with van der Waals surface area (Å²) in [6.07, 6.45) is -1.29. The lowest BCUT2D eigenvalue weighted by atomic mass is 10.2. The number of nitrogens with zero attached hydrogens (tertiary/aromatic N) is 4. The van der Waals surface area contributed by atoms with Crippen molar-refractivity contribution in [2.24, 2.45) is 0 Å². The quantitative estimate of drug-likeness (QED) is 0.556. The minimum atomic E-state index is -4.67. The molecule has 0 spiro atoms. The van der Waals surface area contributed by atoms with Crippen LogP contribution in [0.25, 0.3) is 28.3 Å². The van der Waals surface area contributed by atoms with Gasteiger partial charge < -0.3 is 8.92 Å². The minimum absolute atomic E-state index is 0.133. The predicted molar refractivity (Wildman–Crippen MR) is 78.9 cm³/mol. The maximum atomic E-state index is 12.6. The fraction of sp³-hybridized carbons (Fsp3) is 0.0625. The molecule has 5 nitrogen and oxygen atoms in total. The zero-order valence-corrected chi connectivity index (χ0v) is 12.0. The van der Waals surface area contributed by atoms with Crippen molar-refractivity contribution >= 4 is 5.52 Å². The van der Waals surface area contributed by atoms with Crippen molar-refractivity contribution in [2.75, 3.05) is 0 Å². The Morgan fingerprint density at radius 2 is 1.92 bits per heavy atom. The van der Waals surface area contributed by atoms with E-state index in [0.29, 0.717) is 11.3 Å². The van der Waals surface area contributed by atoms with Crippen LogP contribution in [0.5, 0.6) is 0 Å². The van der Waals surface area contributed by atoms with Crippen LogP contribution < -0.4 is 0 Å². The number of hydrogen-bond donors (Lipinski definition) is 0. The van der Waals surface area contributed by atoms with Crippen molar-refractivity contribution in [1.82, 2.24) is 19.5 Å².